The number of benzene rings is 2. The third-order valence-corrected chi connectivity index (χ3v) is 13.8. The molecule has 168 valence electrons. The molecule has 2 heterocycles. The van der Waals surface area contributed by atoms with E-state index in [-0.39, 0.29) is 11.5 Å². The first-order chi connectivity index (χ1) is 15.2. The van der Waals surface area contributed by atoms with E-state index in [1.807, 2.05) is 30.1 Å². The van der Waals surface area contributed by atoms with Crippen molar-refractivity contribution in [2.24, 2.45) is 7.05 Å². The van der Waals surface area contributed by atoms with E-state index in [4.69, 9.17) is 4.42 Å². The zero-order valence-electron chi connectivity index (χ0n) is 18.0. The van der Waals surface area contributed by atoms with E-state index in [9.17, 15) is 8.78 Å². The molecule has 0 saturated carbocycles. The SMILES string of the molecule is [CH2]=[Sb]([CH3])([CH2]C)[N](Cc1ccc(-c2nnc(C(F)F)o2)cc1F)c1ccc2cnn(C)c2c1. The van der Waals surface area contributed by atoms with Crippen LogP contribution in [0.25, 0.3) is 22.4 Å². The third-order valence-electron chi connectivity index (χ3n) is 5.54. The summed E-state index contributed by atoms with van der Waals surface area (Å²) in [6.07, 6.45) is -1.06. The van der Waals surface area contributed by atoms with Crippen LogP contribution in [0.15, 0.2) is 47.0 Å². The Morgan fingerprint density at radius 2 is 1.97 bits per heavy atom. The number of aryl methyl sites for hydroxylation is 1. The van der Waals surface area contributed by atoms with E-state index >= 15 is 4.39 Å². The van der Waals surface area contributed by atoms with Gasteiger partial charge in [0.2, 0.25) is 0 Å². The number of anilines is 1. The van der Waals surface area contributed by atoms with Crippen molar-refractivity contribution < 1.29 is 17.6 Å². The maximum absolute atomic E-state index is 15.1. The Balaban J connectivity index is 1.69. The van der Waals surface area contributed by atoms with Gasteiger partial charge in [-0.2, -0.15) is 0 Å². The van der Waals surface area contributed by atoms with Gasteiger partial charge in [0.1, 0.15) is 0 Å². The van der Waals surface area contributed by atoms with Gasteiger partial charge in [-0.15, -0.1) is 0 Å². The minimum atomic E-state index is -2.89. The van der Waals surface area contributed by atoms with E-state index in [1.54, 1.807) is 12.1 Å². The van der Waals surface area contributed by atoms with Crippen molar-refractivity contribution >= 4 is 39.6 Å². The first kappa shape index (κ1) is 22.5. The second-order valence-corrected chi connectivity index (χ2v) is 18.6. The molecule has 32 heavy (non-hydrogen) atoms. The van der Waals surface area contributed by atoms with Crippen LogP contribution in [0.4, 0.5) is 18.9 Å². The molecule has 4 aromatic rings. The van der Waals surface area contributed by atoms with E-state index in [0.717, 1.165) is 21.0 Å². The van der Waals surface area contributed by atoms with E-state index in [2.05, 4.69) is 40.7 Å². The molecule has 6 nitrogen and oxygen atoms in total. The second-order valence-electron chi connectivity index (χ2n) is 7.78. The molecule has 0 N–H and O–H groups in total. The Labute approximate surface area is 187 Å². The quantitative estimate of drug-likeness (QED) is 0.291. The molecule has 1 unspecified atom stereocenters. The van der Waals surface area contributed by atoms with Gasteiger partial charge in [0.05, 0.1) is 0 Å². The Morgan fingerprint density at radius 1 is 1.19 bits per heavy atom. The molecule has 1 atom stereocenters. The average Bonchev–Trinajstić information content (AvgIpc) is 3.40. The van der Waals surface area contributed by atoms with Crippen molar-refractivity contribution in [1.82, 2.24) is 20.0 Å². The molecule has 2 aromatic carbocycles. The van der Waals surface area contributed by atoms with Gasteiger partial charge in [0, 0.05) is 0 Å². The van der Waals surface area contributed by atoms with Crippen LogP contribution in [0.2, 0.25) is 9.24 Å². The molecule has 0 aliphatic carbocycles. The van der Waals surface area contributed by atoms with Crippen molar-refractivity contribution in [3.8, 4) is 11.5 Å². The normalized spacial score (nSPS) is 13.6. The van der Waals surface area contributed by atoms with Gasteiger partial charge in [-0.3, -0.25) is 0 Å². The van der Waals surface area contributed by atoms with Crippen LogP contribution in [-0.4, -0.2) is 43.0 Å². The van der Waals surface area contributed by atoms with Crippen molar-refractivity contribution in [3.63, 3.8) is 0 Å². The number of nitrogens with zero attached hydrogens (tertiary/aromatic N) is 5. The van der Waals surface area contributed by atoms with Gasteiger partial charge < -0.3 is 0 Å². The second kappa shape index (κ2) is 8.69. The molecule has 0 aliphatic rings. The number of fused-ring (bicyclic) bond motifs is 1. The Bertz CT molecular complexity index is 1320. The predicted molar refractivity (Wildman–Crippen MR) is 121 cm³/mol. The molecule has 4 rings (SSSR count). The number of alkyl halides is 2. The fraction of sp³-hybridized carbons (Fsp3) is 0.273. The molecule has 0 aliphatic heterocycles. The van der Waals surface area contributed by atoms with E-state index in [1.165, 1.54) is 6.07 Å². The average molecular weight is 552 g/mol. The molecule has 0 amide bonds. The number of halogens is 3. The first-order valence-electron chi connectivity index (χ1n) is 9.99. The zero-order valence-corrected chi connectivity index (χ0v) is 20.5. The van der Waals surface area contributed by atoms with Crippen LogP contribution in [0.3, 0.4) is 0 Å². The molecule has 0 radical (unpaired) electrons. The molecule has 2 aromatic heterocycles. The van der Waals surface area contributed by atoms with Crippen LogP contribution >= 0.6 is 0 Å². The molecule has 0 fully saturated rings. The van der Waals surface area contributed by atoms with Gasteiger partial charge in [-0.25, -0.2) is 0 Å². The van der Waals surface area contributed by atoms with Crippen molar-refractivity contribution in [2.75, 3.05) is 3.06 Å². The van der Waals surface area contributed by atoms with E-state index < -0.39 is 36.7 Å². The van der Waals surface area contributed by atoms with Crippen LogP contribution in [0.1, 0.15) is 24.8 Å². The fourth-order valence-electron chi connectivity index (χ4n) is 3.41. The number of hydrogen-bond donors (Lipinski definition) is 0. The molecule has 0 saturated heterocycles. The van der Waals surface area contributed by atoms with Crippen molar-refractivity contribution in [3.05, 3.63) is 59.9 Å². The fourth-order valence-corrected chi connectivity index (χ4v) is 7.74. The number of aromatic nitrogens is 4. The molecule has 10 heteroatoms. The summed E-state index contributed by atoms with van der Waals surface area (Å²) in [5.41, 5.74) is 2.70. The van der Waals surface area contributed by atoms with Crippen LogP contribution in [-0.2, 0) is 13.6 Å². The summed E-state index contributed by atoms with van der Waals surface area (Å²) in [6.45, 7) is 2.46. The zero-order chi connectivity index (χ0) is 23.0. The predicted octanol–water partition coefficient (Wildman–Crippen LogP) is 5.32. The molecular weight excluding hydrogens is 529 g/mol. The summed E-state index contributed by atoms with van der Waals surface area (Å²) in [5.74, 6) is -1.40. The molecular formula is C22H23F3N5OSb. The van der Waals surface area contributed by atoms with Gasteiger partial charge >= 0.3 is 188 Å². The summed E-state index contributed by atoms with van der Waals surface area (Å²) < 4.78 is 54.9. The van der Waals surface area contributed by atoms with Crippen molar-refractivity contribution in [1.29, 1.82) is 0 Å². The van der Waals surface area contributed by atoms with Gasteiger partial charge in [-0.05, 0) is 0 Å². The third kappa shape index (κ3) is 4.31. The Kier molecular flexibility index (Phi) is 6.12. The Morgan fingerprint density at radius 3 is 2.62 bits per heavy atom. The minimum absolute atomic E-state index is 0.140. The van der Waals surface area contributed by atoms with Crippen LogP contribution in [0, 0.1) is 5.82 Å². The number of rotatable bonds is 7. The van der Waals surface area contributed by atoms with E-state index in [0.29, 0.717) is 12.1 Å². The number of hydrogen-bond acceptors (Lipinski definition) is 5. The molecule has 0 spiro atoms. The summed E-state index contributed by atoms with van der Waals surface area (Å²) in [7, 11) is 1.89. The summed E-state index contributed by atoms with van der Waals surface area (Å²) in [6, 6.07) is 10.6. The van der Waals surface area contributed by atoms with Crippen LogP contribution < -0.4 is 3.06 Å². The van der Waals surface area contributed by atoms with Crippen molar-refractivity contribution in [2.45, 2.75) is 29.1 Å². The first-order valence-corrected chi connectivity index (χ1v) is 17.3. The summed E-state index contributed by atoms with van der Waals surface area (Å²) in [4.78, 5) is 2.20. The van der Waals surface area contributed by atoms with Gasteiger partial charge in [0.25, 0.3) is 0 Å². The van der Waals surface area contributed by atoms with Gasteiger partial charge in [-0.1, -0.05) is 0 Å². The van der Waals surface area contributed by atoms with Crippen LogP contribution in [0.5, 0.6) is 0 Å². The summed E-state index contributed by atoms with van der Waals surface area (Å²) in [5, 5.41) is 12.2. The molecule has 0 bridgehead atoms. The summed E-state index contributed by atoms with van der Waals surface area (Å²) >= 11 is -2.89. The maximum atomic E-state index is 15.1. The standard InChI is InChI=1S/C18H13F3N5O.C2H5.CH3.CH2.Sb/c1-26-15-7-13(5-4-12(15)9-23-26)22-8-11-3-2-10(6-14(11)19)17-24-25-18(27-17)16(20)21;1-2;;;/h2-7,9,16H,8H2,1H3;1H2,2H3;1H3;1H2;/q-1;;;;+1. The van der Waals surface area contributed by atoms with Gasteiger partial charge in [0.15, 0.2) is 0 Å². The topological polar surface area (TPSA) is 60.0 Å². The monoisotopic (exact) mass is 551 g/mol. The Hall–Kier alpha value is -2.67.